The third kappa shape index (κ3) is 3.42. The van der Waals surface area contributed by atoms with Gasteiger partial charge in [-0.2, -0.15) is 0 Å². The molecule has 0 spiro atoms. The zero-order valence-corrected chi connectivity index (χ0v) is 8.54. The summed E-state index contributed by atoms with van der Waals surface area (Å²) in [6.45, 7) is 0.306. The molecule has 1 unspecified atom stereocenters. The van der Waals surface area contributed by atoms with E-state index in [1.807, 2.05) is 0 Å². The van der Waals surface area contributed by atoms with Crippen molar-refractivity contribution < 1.29 is 8.60 Å². The first kappa shape index (κ1) is 12.6. The lowest BCUT2D eigenvalue weighted by molar-refractivity contribution is 0.595. The van der Waals surface area contributed by atoms with Crippen LogP contribution in [0.2, 0.25) is 0 Å². The monoisotopic (exact) mass is 223 g/mol. The summed E-state index contributed by atoms with van der Waals surface area (Å²) in [5.41, 5.74) is 5.20. The highest BCUT2D eigenvalue weighted by Crippen LogP contribution is 2.10. The fourth-order valence-corrected chi connectivity index (χ4v) is 1.80. The molecule has 13 heavy (non-hydrogen) atoms. The Morgan fingerprint density at radius 2 is 2.00 bits per heavy atom. The second-order valence-corrected chi connectivity index (χ2v) is 3.81. The van der Waals surface area contributed by atoms with Crippen LogP contribution >= 0.6 is 12.4 Å². The molecule has 1 rings (SSSR count). The number of rotatable bonds is 3. The van der Waals surface area contributed by atoms with Gasteiger partial charge >= 0.3 is 0 Å². The maximum atomic E-state index is 12.9. The van der Waals surface area contributed by atoms with Crippen molar-refractivity contribution in [3.05, 3.63) is 30.1 Å². The van der Waals surface area contributed by atoms with E-state index in [4.69, 9.17) is 5.73 Å². The molecule has 2 nitrogen and oxygen atoms in total. The van der Waals surface area contributed by atoms with Crippen LogP contribution in [0.4, 0.5) is 4.39 Å². The molecule has 1 atom stereocenters. The second kappa shape index (κ2) is 6.07. The number of benzene rings is 1. The molecule has 1 aromatic carbocycles. The Morgan fingerprint density at radius 3 is 2.54 bits per heavy atom. The van der Waals surface area contributed by atoms with Crippen molar-refractivity contribution in [3.63, 3.8) is 0 Å². The molecule has 0 aliphatic rings. The smallest absolute Gasteiger partial charge is 0.139 e. The van der Waals surface area contributed by atoms with Gasteiger partial charge in [0, 0.05) is 12.3 Å². The lowest BCUT2D eigenvalue weighted by atomic mass is 10.3. The van der Waals surface area contributed by atoms with Crippen LogP contribution in [0.3, 0.4) is 0 Å². The second-order valence-electron chi connectivity index (χ2n) is 2.27. The predicted octanol–water partition coefficient (Wildman–Crippen LogP) is 1.31. The lowest BCUT2D eigenvalue weighted by Gasteiger charge is -2.00. The van der Waals surface area contributed by atoms with Crippen LogP contribution in [0.25, 0.3) is 0 Å². The van der Waals surface area contributed by atoms with Crippen molar-refractivity contribution in [1.82, 2.24) is 0 Å². The third-order valence-electron chi connectivity index (χ3n) is 1.39. The largest absolute Gasteiger partial charge is 0.330 e. The van der Waals surface area contributed by atoms with Crippen molar-refractivity contribution in [3.8, 4) is 0 Å². The number of nitrogens with two attached hydrogens (primary N) is 1. The molecule has 0 aliphatic heterocycles. The van der Waals surface area contributed by atoms with Crippen molar-refractivity contribution in [2.24, 2.45) is 5.73 Å². The average molecular weight is 224 g/mol. The summed E-state index contributed by atoms with van der Waals surface area (Å²) in [5.74, 6) is -0.120. The highest BCUT2D eigenvalue weighted by molar-refractivity contribution is 7.85. The van der Waals surface area contributed by atoms with Crippen LogP contribution in [-0.4, -0.2) is 16.5 Å². The highest BCUT2D eigenvalue weighted by atomic mass is 35.5. The molecule has 0 saturated heterocycles. The minimum Gasteiger partial charge on any atom is -0.330 e. The van der Waals surface area contributed by atoms with E-state index in [1.54, 1.807) is 12.1 Å². The van der Waals surface area contributed by atoms with E-state index in [1.165, 1.54) is 12.1 Å². The molecular weight excluding hydrogens is 213 g/mol. The van der Waals surface area contributed by atoms with Crippen LogP contribution in [0, 0.1) is 5.82 Å². The SMILES string of the molecule is Cl.NCCS(=O)c1ccccc1F. The molecule has 2 N–H and O–H groups in total. The Bertz CT molecular complexity index is 295. The molecule has 0 bridgehead atoms. The Morgan fingerprint density at radius 1 is 1.38 bits per heavy atom. The maximum Gasteiger partial charge on any atom is 0.139 e. The Balaban J connectivity index is 0.00000144. The summed E-state index contributed by atoms with van der Waals surface area (Å²) in [5, 5.41) is 0. The van der Waals surface area contributed by atoms with Crippen molar-refractivity contribution >= 4 is 23.2 Å². The molecule has 0 aliphatic carbocycles. The van der Waals surface area contributed by atoms with Crippen LogP contribution in [0.1, 0.15) is 0 Å². The van der Waals surface area contributed by atoms with Gasteiger partial charge in [-0.05, 0) is 12.1 Å². The van der Waals surface area contributed by atoms with Crippen molar-refractivity contribution in [1.29, 1.82) is 0 Å². The van der Waals surface area contributed by atoms with E-state index in [9.17, 15) is 8.60 Å². The first-order valence-electron chi connectivity index (χ1n) is 3.58. The van der Waals surface area contributed by atoms with Gasteiger partial charge in [-0.1, -0.05) is 12.1 Å². The zero-order valence-electron chi connectivity index (χ0n) is 6.90. The predicted molar refractivity (Wildman–Crippen MR) is 54.0 cm³/mol. The van der Waals surface area contributed by atoms with Gasteiger partial charge in [-0.15, -0.1) is 12.4 Å². The minimum atomic E-state index is -1.30. The first-order valence-corrected chi connectivity index (χ1v) is 4.90. The van der Waals surface area contributed by atoms with Gasteiger partial charge in [0.2, 0.25) is 0 Å². The standard InChI is InChI=1S/C8H10FNOS.ClH/c9-7-3-1-2-4-8(7)12(11)6-5-10;/h1-4H,5-6,10H2;1H. The summed E-state index contributed by atoms with van der Waals surface area (Å²) in [6, 6.07) is 6.04. The summed E-state index contributed by atoms with van der Waals surface area (Å²) in [7, 11) is -1.30. The van der Waals surface area contributed by atoms with E-state index < -0.39 is 16.6 Å². The highest BCUT2D eigenvalue weighted by Gasteiger charge is 2.06. The molecule has 0 radical (unpaired) electrons. The maximum absolute atomic E-state index is 12.9. The van der Waals surface area contributed by atoms with Gasteiger partial charge < -0.3 is 5.73 Å². The summed E-state index contributed by atoms with van der Waals surface area (Å²) in [4.78, 5) is 0.239. The van der Waals surface area contributed by atoms with E-state index in [0.29, 0.717) is 12.3 Å². The molecule has 0 saturated carbocycles. The Labute approximate surface area is 85.2 Å². The quantitative estimate of drug-likeness (QED) is 0.840. The van der Waals surface area contributed by atoms with Gasteiger partial charge in [0.25, 0.3) is 0 Å². The van der Waals surface area contributed by atoms with Crippen molar-refractivity contribution in [2.75, 3.05) is 12.3 Å². The van der Waals surface area contributed by atoms with Crippen LogP contribution < -0.4 is 5.73 Å². The van der Waals surface area contributed by atoms with Gasteiger partial charge in [-0.3, -0.25) is 4.21 Å². The van der Waals surface area contributed by atoms with Crippen LogP contribution in [0.15, 0.2) is 29.2 Å². The van der Waals surface area contributed by atoms with Gasteiger partial charge in [0.15, 0.2) is 0 Å². The third-order valence-corrected chi connectivity index (χ3v) is 2.81. The summed E-state index contributed by atoms with van der Waals surface area (Å²) in [6.07, 6.45) is 0. The van der Waals surface area contributed by atoms with Gasteiger partial charge in [0.1, 0.15) is 5.82 Å². The van der Waals surface area contributed by atoms with Crippen molar-refractivity contribution in [2.45, 2.75) is 4.90 Å². The van der Waals surface area contributed by atoms with E-state index in [0.717, 1.165) is 0 Å². The Kier molecular flexibility index (Phi) is 5.86. The Hall–Kier alpha value is -0.450. The molecule has 0 amide bonds. The van der Waals surface area contributed by atoms with E-state index >= 15 is 0 Å². The molecule has 0 heterocycles. The molecule has 5 heteroatoms. The molecular formula is C8H11ClFNOS. The van der Waals surface area contributed by atoms with Crippen LogP contribution in [0.5, 0.6) is 0 Å². The van der Waals surface area contributed by atoms with E-state index in [-0.39, 0.29) is 17.3 Å². The van der Waals surface area contributed by atoms with E-state index in [2.05, 4.69) is 0 Å². The van der Waals surface area contributed by atoms with Gasteiger partial charge in [-0.25, -0.2) is 4.39 Å². The number of hydrogen-bond acceptors (Lipinski definition) is 2. The number of halogens is 2. The number of hydrogen-bond donors (Lipinski definition) is 1. The normalized spacial score (nSPS) is 11.8. The lowest BCUT2D eigenvalue weighted by Crippen LogP contribution is -2.11. The van der Waals surface area contributed by atoms with Crippen LogP contribution in [-0.2, 0) is 10.8 Å². The fourth-order valence-electron chi connectivity index (χ4n) is 0.846. The fraction of sp³-hybridized carbons (Fsp3) is 0.250. The average Bonchev–Trinajstić information content (AvgIpc) is 2.05. The minimum absolute atomic E-state index is 0. The zero-order chi connectivity index (χ0) is 8.97. The summed E-state index contributed by atoms with van der Waals surface area (Å²) >= 11 is 0. The molecule has 74 valence electrons. The molecule has 1 aromatic rings. The molecule has 0 fully saturated rings. The van der Waals surface area contributed by atoms with Gasteiger partial charge in [0.05, 0.1) is 15.7 Å². The molecule has 0 aromatic heterocycles. The first-order chi connectivity index (χ1) is 5.75. The topological polar surface area (TPSA) is 43.1 Å². The summed E-state index contributed by atoms with van der Waals surface area (Å²) < 4.78 is 24.2.